The van der Waals surface area contributed by atoms with Crippen molar-refractivity contribution in [3.63, 3.8) is 0 Å². The smallest absolute Gasteiger partial charge is 0.269 e. The summed E-state index contributed by atoms with van der Waals surface area (Å²) in [6.07, 6.45) is 11.8. The van der Waals surface area contributed by atoms with Gasteiger partial charge >= 0.3 is 0 Å². The number of fused-ring (bicyclic) bond motifs is 1. The number of nitrogens with one attached hydrogen (secondary N) is 1. The van der Waals surface area contributed by atoms with E-state index in [4.69, 9.17) is 9.73 Å². The number of non-ortho nitro benzene ring substituents is 1. The molecule has 3 aromatic rings. The lowest BCUT2D eigenvalue weighted by Gasteiger charge is -2.23. The first-order valence-electron chi connectivity index (χ1n) is 13.0. The van der Waals surface area contributed by atoms with E-state index in [2.05, 4.69) is 5.32 Å². The van der Waals surface area contributed by atoms with Crippen LogP contribution >= 0.6 is 11.3 Å². The van der Waals surface area contributed by atoms with Crippen LogP contribution < -0.4 is 10.1 Å². The molecule has 7 nitrogen and oxygen atoms in total. The molecule has 0 bridgehead atoms. The van der Waals surface area contributed by atoms with Gasteiger partial charge in [-0.25, -0.2) is 4.99 Å². The Morgan fingerprint density at radius 3 is 2.49 bits per heavy atom. The van der Waals surface area contributed by atoms with Gasteiger partial charge in [0.05, 0.1) is 10.5 Å². The molecule has 0 aliphatic heterocycles. The number of hydrogen-bond acceptors (Lipinski definition) is 6. The molecule has 2 aliphatic rings. The number of nitrogens with zero attached hydrogens (tertiary/aromatic N) is 2. The number of carbonyl (C=O) groups excluding carboxylic acids is 1. The summed E-state index contributed by atoms with van der Waals surface area (Å²) in [6.45, 7) is 0.325. The molecule has 192 valence electrons. The number of ether oxygens (including phenoxy) is 1. The SMILES string of the molecule is O=C(NC1CCCCC1)c1c(N=Cc2ccc(OCc3ccc([N+](=O)[O-])cc3)cc2)sc2c1CCCC2. The van der Waals surface area contributed by atoms with Crippen LogP contribution in [-0.2, 0) is 19.4 Å². The molecule has 1 aromatic heterocycles. The summed E-state index contributed by atoms with van der Waals surface area (Å²) >= 11 is 1.66. The van der Waals surface area contributed by atoms with Crippen molar-refractivity contribution in [3.05, 3.63) is 85.8 Å². The molecule has 0 atom stereocenters. The molecule has 0 radical (unpaired) electrons. The van der Waals surface area contributed by atoms with Gasteiger partial charge in [-0.2, -0.15) is 0 Å². The largest absolute Gasteiger partial charge is 0.489 e. The summed E-state index contributed by atoms with van der Waals surface area (Å²) < 4.78 is 5.82. The summed E-state index contributed by atoms with van der Waals surface area (Å²) in [5, 5.41) is 14.9. The molecular weight excluding hydrogens is 486 g/mol. The molecule has 0 saturated heterocycles. The molecular formula is C29H31N3O4S. The summed E-state index contributed by atoms with van der Waals surface area (Å²) in [5.41, 5.74) is 3.83. The third-order valence-corrected chi connectivity index (χ3v) is 8.28. The fourth-order valence-corrected chi connectivity index (χ4v) is 6.28. The van der Waals surface area contributed by atoms with E-state index in [1.165, 1.54) is 48.3 Å². The molecule has 2 aliphatic carbocycles. The van der Waals surface area contributed by atoms with Crippen LogP contribution in [0.3, 0.4) is 0 Å². The number of nitro benzene ring substituents is 1. The molecule has 0 unspecified atom stereocenters. The van der Waals surface area contributed by atoms with Crippen LogP contribution in [0.4, 0.5) is 10.7 Å². The van der Waals surface area contributed by atoms with Crippen molar-refractivity contribution in [1.82, 2.24) is 5.32 Å². The van der Waals surface area contributed by atoms with E-state index in [0.29, 0.717) is 12.4 Å². The van der Waals surface area contributed by atoms with E-state index < -0.39 is 4.92 Å². The zero-order valence-corrected chi connectivity index (χ0v) is 21.6. The number of aryl methyl sites for hydroxylation is 1. The maximum atomic E-state index is 13.3. The van der Waals surface area contributed by atoms with Gasteiger partial charge in [0.25, 0.3) is 11.6 Å². The minimum absolute atomic E-state index is 0.0356. The van der Waals surface area contributed by atoms with Gasteiger partial charge in [-0.1, -0.05) is 19.3 Å². The number of amides is 1. The van der Waals surface area contributed by atoms with Gasteiger partial charge in [0.15, 0.2) is 0 Å². The van der Waals surface area contributed by atoms with Crippen molar-refractivity contribution in [2.75, 3.05) is 0 Å². The van der Waals surface area contributed by atoms with Crippen LogP contribution in [0.2, 0.25) is 0 Å². The Kier molecular flexibility index (Phi) is 7.94. The predicted molar refractivity (Wildman–Crippen MR) is 146 cm³/mol. The summed E-state index contributed by atoms with van der Waals surface area (Å²) in [6, 6.07) is 14.2. The van der Waals surface area contributed by atoms with Crippen LogP contribution in [0.15, 0.2) is 53.5 Å². The highest BCUT2D eigenvalue weighted by Crippen LogP contribution is 2.40. The number of aliphatic imine (C=N–C) groups is 1. The van der Waals surface area contributed by atoms with E-state index >= 15 is 0 Å². The van der Waals surface area contributed by atoms with Gasteiger partial charge in [-0.3, -0.25) is 14.9 Å². The fraction of sp³-hybridized carbons (Fsp3) is 0.379. The van der Waals surface area contributed by atoms with Gasteiger partial charge in [0.2, 0.25) is 0 Å². The van der Waals surface area contributed by atoms with Gasteiger partial charge in [0.1, 0.15) is 17.4 Å². The molecule has 1 amide bonds. The topological polar surface area (TPSA) is 93.8 Å². The minimum atomic E-state index is -0.414. The maximum absolute atomic E-state index is 13.3. The van der Waals surface area contributed by atoms with E-state index in [0.717, 1.165) is 53.8 Å². The van der Waals surface area contributed by atoms with E-state index in [1.54, 1.807) is 23.5 Å². The van der Waals surface area contributed by atoms with Gasteiger partial charge in [-0.15, -0.1) is 11.3 Å². The number of nitro groups is 1. The lowest BCUT2D eigenvalue weighted by atomic mass is 9.93. The zero-order valence-electron chi connectivity index (χ0n) is 20.8. The number of carbonyl (C=O) groups is 1. The first-order valence-corrected chi connectivity index (χ1v) is 13.8. The standard InChI is InChI=1S/C29H31N3O4S/c33-28(31-22-6-2-1-3-7-22)27-25-8-4-5-9-26(25)37-29(27)30-18-20-12-16-24(17-13-20)36-19-21-10-14-23(15-11-21)32(34)35/h10-18,22H,1-9,19H2,(H,31,33). The lowest BCUT2D eigenvalue weighted by molar-refractivity contribution is -0.384. The van der Waals surface area contributed by atoms with Crippen LogP contribution in [0.5, 0.6) is 5.75 Å². The van der Waals surface area contributed by atoms with E-state index in [9.17, 15) is 14.9 Å². The minimum Gasteiger partial charge on any atom is -0.489 e. The number of hydrogen-bond donors (Lipinski definition) is 1. The predicted octanol–water partition coefficient (Wildman–Crippen LogP) is 6.93. The van der Waals surface area contributed by atoms with Crippen LogP contribution in [0.1, 0.15) is 76.9 Å². The molecule has 1 N–H and O–H groups in total. The van der Waals surface area contributed by atoms with Crippen molar-refractivity contribution in [2.24, 2.45) is 4.99 Å². The van der Waals surface area contributed by atoms with E-state index in [1.807, 2.05) is 30.5 Å². The first kappa shape index (κ1) is 25.1. The molecule has 8 heteroatoms. The Bertz CT molecular complexity index is 1280. The fourth-order valence-electron chi connectivity index (χ4n) is 5.04. The quantitative estimate of drug-likeness (QED) is 0.199. The zero-order chi connectivity index (χ0) is 25.6. The lowest BCUT2D eigenvalue weighted by Crippen LogP contribution is -2.36. The molecule has 2 aromatic carbocycles. The average Bonchev–Trinajstić information content (AvgIpc) is 3.31. The Morgan fingerprint density at radius 2 is 1.76 bits per heavy atom. The molecule has 1 saturated carbocycles. The van der Waals surface area contributed by atoms with Crippen molar-refractivity contribution in [2.45, 2.75) is 70.4 Å². The number of thiophene rings is 1. The highest BCUT2D eigenvalue weighted by Gasteiger charge is 2.27. The Balaban J connectivity index is 1.26. The van der Waals surface area contributed by atoms with Crippen molar-refractivity contribution < 1.29 is 14.5 Å². The van der Waals surface area contributed by atoms with Crippen molar-refractivity contribution >= 4 is 34.1 Å². The van der Waals surface area contributed by atoms with Crippen molar-refractivity contribution in [3.8, 4) is 5.75 Å². The van der Waals surface area contributed by atoms with E-state index in [-0.39, 0.29) is 17.6 Å². The van der Waals surface area contributed by atoms with Gasteiger partial charge in [0, 0.05) is 29.3 Å². The second-order valence-electron chi connectivity index (χ2n) is 9.74. The monoisotopic (exact) mass is 517 g/mol. The first-order chi connectivity index (χ1) is 18.1. The Morgan fingerprint density at radius 1 is 1.03 bits per heavy atom. The summed E-state index contributed by atoms with van der Waals surface area (Å²) in [5.74, 6) is 0.739. The molecule has 0 spiro atoms. The highest BCUT2D eigenvalue weighted by atomic mass is 32.1. The van der Waals surface area contributed by atoms with Crippen molar-refractivity contribution in [1.29, 1.82) is 0 Å². The summed E-state index contributed by atoms with van der Waals surface area (Å²) in [4.78, 5) is 29.8. The molecule has 5 rings (SSSR count). The number of rotatable bonds is 8. The Labute approximate surface area is 220 Å². The summed E-state index contributed by atoms with van der Waals surface area (Å²) in [7, 11) is 0. The number of benzene rings is 2. The normalized spacial score (nSPS) is 15.9. The third-order valence-electron chi connectivity index (χ3n) is 7.08. The second kappa shape index (κ2) is 11.7. The average molecular weight is 518 g/mol. The van der Waals surface area contributed by atoms with Gasteiger partial charge in [-0.05, 0) is 91.6 Å². The molecule has 1 fully saturated rings. The highest BCUT2D eigenvalue weighted by molar-refractivity contribution is 7.16. The van der Waals surface area contributed by atoms with Crippen LogP contribution in [0.25, 0.3) is 0 Å². The third kappa shape index (κ3) is 6.25. The van der Waals surface area contributed by atoms with Crippen LogP contribution in [0, 0.1) is 10.1 Å². The van der Waals surface area contributed by atoms with Gasteiger partial charge < -0.3 is 10.1 Å². The maximum Gasteiger partial charge on any atom is 0.269 e. The van der Waals surface area contributed by atoms with Crippen LogP contribution in [-0.4, -0.2) is 23.1 Å². The molecule has 1 heterocycles. The molecule has 37 heavy (non-hydrogen) atoms. The Hall–Kier alpha value is -3.52. The second-order valence-corrected chi connectivity index (χ2v) is 10.8.